The van der Waals surface area contributed by atoms with Crippen LogP contribution in [0.25, 0.3) is 54.6 Å². The minimum Gasteiger partial charge on any atom is -0.394 e. The molecule has 0 nitrogen and oxygen atoms in total. The Labute approximate surface area is 955 Å². The Hall–Kier alpha value is -4.81. The molecule has 0 aromatic heterocycles. The summed E-state index contributed by atoms with van der Waals surface area (Å²) in [4.78, 5) is 0. The van der Waals surface area contributed by atoms with Gasteiger partial charge in [-0.25, -0.2) is 0 Å². The molecule has 0 aliphatic heterocycles. The minimum atomic E-state index is 0. The SMILES string of the molecule is CC.CC.CC.CC.CC.CC.CC.CC.CC.CC.CC.CC.CC.CC.[CH-]=C1C(=[CH-])C2CC3CC(CC1C3)C2.[CH-]=CC1=[C-]C2CC3CC(C2)CC1C3.[Y].[Y].c1cc2c3c(cccc3c1)C1=C2C2CC3CC(C2)CC1C3.c1cc2c3c(cccc3c1)C1=C2C2CC3CCC4CC1C342.c1cc2c3c(cccc3c1)C1CC3CC(CC2C3)C1.c1ccc2c(c1)C1CC3CC(C1)CC2C3.c1ccc2c(c1)C1CC3CCC4CC2C341. The maximum Gasteiger partial charge on any atom is 0 e. The van der Waals surface area contributed by atoms with Gasteiger partial charge in [0.15, 0.2) is 0 Å². The van der Waals surface area contributed by atoms with Gasteiger partial charge < -0.3 is 48.6 Å². The summed E-state index contributed by atoms with van der Waals surface area (Å²) in [5.74, 6) is 26.2. The molecule has 30 aliphatic rings. The molecule has 0 heterocycles. The molecule has 8 aromatic carbocycles. The van der Waals surface area contributed by atoms with Gasteiger partial charge in [0.05, 0.1) is 0 Å². The van der Waals surface area contributed by atoms with Crippen LogP contribution in [0.4, 0.5) is 0 Å². The standard InChI is InChI=1S/C21H18.C21H20.C19H20.C15H16.C15H18.2C13H16.14C2H6.2Y/c1-3-11-4-2-6-15-18(11)14(5-1)19-16-9-12-7-8-13-10-17(20(15)19)21(12,13)16;1-3-14-4-2-6-18-19(14)17(5-1)20-15-8-12-7-13(9-15)11-16(10-12)21(18)20;1-3-14-4-2-6-18-16-10-12-7-13(11-16)9-15(8-12)17(5-1)19(14)18;1-2-4-12-11(3-1)13-7-9-5-6-10-8-14(12)15(9,10)13;1-2-4-15-13-8-10-5-11(9-13)7-12(6-10)14(15)3-1;1-8-9(2)13-6-10-3-11(7-13)5-12(8)4-10;1-2-12-6-9-3-10-5-11(4-9)8-13(12)7-10;14*1-2;;/h1-6,12-13,16-17H,7-10H2;1-6,12-13,15-16H,7-11H2;1-6,12-13,15-16H,7-11H2;1-4,9-10,13-14H,5-8H2;1-4,10-13H,5-9H2;1-2,10-13H,3-7H2;1-2,9-11,13H,3-5,7-8H2;14*1-2H3;;/q;;;;;2*-2;;;;;;;;;;;;;;;;. The fraction of sp³-hybridized carbons (Fsp3) is 0.628. The molecule has 2 heteroatoms. The molecule has 8 aromatic rings. The van der Waals surface area contributed by atoms with Crippen LogP contribution in [0.2, 0.25) is 0 Å². The van der Waals surface area contributed by atoms with Gasteiger partial charge in [0.2, 0.25) is 0 Å². The largest absolute Gasteiger partial charge is 0.394 e. The zero-order chi connectivity index (χ0) is 105. The summed E-state index contributed by atoms with van der Waals surface area (Å²) in [6.45, 7) is 73.9. The van der Waals surface area contributed by atoms with E-state index in [9.17, 15) is 0 Å². The van der Waals surface area contributed by atoms with Gasteiger partial charge in [-0.3, -0.25) is 0 Å². The monoisotopic (exact) mass is 2130 g/mol. The van der Waals surface area contributed by atoms with Crippen molar-refractivity contribution in [2.24, 2.45) is 141 Å². The van der Waals surface area contributed by atoms with Gasteiger partial charge in [0.25, 0.3) is 0 Å². The van der Waals surface area contributed by atoms with Crippen LogP contribution >= 0.6 is 0 Å². The molecule has 0 saturated heterocycles. The van der Waals surface area contributed by atoms with Crippen molar-refractivity contribution in [3.05, 3.63) is 262 Å². The van der Waals surface area contributed by atoms with Crippen molar-refractivity contribution in [2.75, 3.05) is 0 Å². The zero-order valence-corrected chi connectivity index (χ0v) is 105. The normalized spacial score (nSPS) is 34.4. The summed E-state index contributed by atoms with van der Waals surface area (Å²) < 4.78 is 0. The predicted molar refractivity (Wildman–Crippen MR) is 639 cm³/mol. The van der Waals surface area contributed by atoms with Crippen molar-refractivity contribution >= 4 is 54.6 Å². The van der Waals surface area contributed by atoms with Crippen molar-refractivity contribution < 1.29 is 65.4 Å². The maximum absolute atomic E-state index is 6.10. The molecule has 30 aliphatic carbocycles. The van der Waals surface area contributed by atoms with Gasteiger partial charge in [0.1, 0.15) is 0 Å². The Bertz CT molecular complexity index is 5250. The van der Waals surface area contributed by atoms with E-state index in [1.54, 1.807) is 113 Å². The molecule has 18 fully saturated rings. The maximum atomic E-state index is 6.10. The molecule has 147 heavy (non-hydrogen) atoms. The fourth-order valence-electron chi connectivity index (χ4n) is 37.3. The number of fused-ring (bicyclic) bond motifs is 8. The summed E-state index contributed by atoms with van der Waals surface area (Å²) in [5, 5.41) is 9.14. The number of hydrogen-bond acceptors (Lipinski definition) is 0. The first-order chi connectivity index (χ1) is 71.6. The van der Waals surface area contributed by atoms with Gasteiger partial charge in [-0.2, -0.15) is 0 Å². The van der Waals surface area contributed by atoms with Crippen molar-refractivity contribution in [3.63, 3.8) is 0 Å². The summed E-state index contributed by atoms with van der Waals surface area (Å²) in [5.41, 5.74) is 28.8. The van der Waals surface area contributed by atoms with E-state index in [1.807, 2.05) is 200 Å². The van der Waals surface area contributed by atoms with E-state index in [1.165, 1.54) is 214 Å². The number of benzene rings is 8. The molecule has 0 amide bonds. The average molecular weight is 2130 g/mol. The Morgan fingerprint density at radius 2 is 0.442 bits per heavy atom. The van der Waals surface area contributed by atoms with E-state index in [2.05, 4.69) is 164 Å². The average Bonchev–Trinajstić information content (AvgIpc) is 1.46. The first-order valence-corrected chi connectivity index (χ1v) is 63.2. The Kier molecular flexibility index (Phi) is 47.2. The van der Waals surface area contributed by atoms with E-state index >= 15 is 0 Å². The molecular formula is C145H208Y2-4. The van der Waals surface area contributed by atoms with E-state index < -0.39 is 0 Å². The second-order valence-electron chi connectivity index (χ2n) is 45.4. The molecular weight excluding hydrogens is 1920 g/mol. The van der Waals surface area contributed by atoms with Gasteiger partial charge in [-0.05, 0) is 424 Å². The van der Waals surface area contributed by atoms with E-state index in [4.69, 9.17) is 19.7 Å². The Morgan fingerprint density at radius 1 is 0.218 bits per heavy atom. The summed E-state index contributed by atoms with van der Waals surface area (Å²) in [6.07, 6.45) is 53.7. The molecule has 18 saturated carbocycles. The molecule has 10 unspecified atom stereocenters. The van der Waals surface area contributed by atoms with Gasteiger partial charge >= 0.3 is 0 Å². The molecule has 0 N–H and O–H groups in total. The molecule has 20 bridgehead atoms. The Balaban J connectivity index is 0.000000157. The van der Waals surface area contributed by atoms with Crippen LogP contribution in [0.1, 0.15) is 497 Å². The van der Waals surface area contributed by atoms with Crippen LogP contribution in [0, 0.1) is 167 Å². The van der Waals surface area contributed by atoms with Gasteiger partial charge in [-0.1, -0.05) is 403 Å². The number of hydrogen-bond donors (Lipinski definition) is 0. The van der Waals surface area contributed by atoms with Crippen molar-refractivity contribution in [3.8, 4) is 0 Å². The molecule has 2 radical (unpaired) electrons. The first-order valence-electron chi connectivity index (χ1n) is 63.2. The fourth-order valence-corrected chi connectivity index (χ4v) is 37.3. The summed E-state index contributed by atoms with van der Waals surface area (Å²) >= 11 is 0. The van der Waals surface area contributed by atoms with Crippen molar-refractivity contribution in [1.29, 1.82) is 0 Å². The van der Waals surface area contributed by atoms with Crippen LogP contribution in [-0.4, -0.2) is 0 Å². The third kappa shape index (κ3) is 22.4. The third-order valence-corrected chi connectivity index (χ3v) is 40.5. The first kappa shape index (κ1) is 122. The smallest absolute Gasteiger partial charge is 0 e. The summed E-state index contributed by atoms with van der Waals surface area (Å²) in [7, 11) is 0. The van der Waals surface area contributed by atoms with Gasteiger partial charge in [0, 0.05) is 65.4 Å². The predicted octanol–water partition coefficient (Wildman–Crippen LogP) is 44.3. The topological polar surface area (TPSA) is 0 Å². The van der Waals surface area contributed by atoms with Crippen molar-refractivity contribution in [1.82, 2.24) is 0 Å². The summed E-state index contributed by atoms with van der Waals surface area (Å²) in [6, 6.07) is 60.5. The van der Waals surface area contributed by atoms with E-state index in [0.717, 1.165) is 176 Å². The van der Waals surface area contributed by atoms with Crippen LogP contribution in [0.5, 0.6) is 0 Å². The second kappa shape index (κ2) is 56.7. The van der Waals surface area contributed by atoms with E-state index in [0.29, 0.717) is 11.8 Å². The van der Waals surface area contributed by atoms with Crippen LogP contribution < -0.4 is 0 Å². The number of rotatable bonds is 1. The van der Waals surface area contributed by atoms with Crippen LogP contribution in [0.3, 0.4) is 0 Å². The molecule has 2 spiro atoms. The van der Waals surface area contributed by atoms with Crippen LogP contribution in [-0.2, 0) is 65.4 Å². The zero-order valence-electron chi connectivity index (χ0n) is 99.0. The number of allylic oxidation sites excluding steroid dienone is 9. The minimum absolute atomic E-state index is 0. The molecule has 798 valence electrons. The second-order valence-corrected chi connectivity index (χ2v) is 45.4. The van der Waals surface area contributed by atoms with Crippen molar-refractivity contribution in [2.45, 2.75) is 441 Å². The van der Waals surface area contributed by atoms with Gasteiger partial charge in [-0.15, -0.1) is 23.7 Å². The quantitative estimate of drug-likeness (QED) is 0.144. The third-order valence-electron chi connectivity index (χ3n) is 40.5. The molecule has 38 rings (SSSR count). The Morgan fingerprint density at radius 3 is 0.741 bits per heavy atom. The van der Waals surface area contributed by atoms with Crippen LogP contribution in [0.15, 0.2) is 181 Å². The molecule has 10 atom stereocenters. The van der Waals surface area contributed by atoms with E-state index in [-0.39, 0.29) is 65.4 Å².